The molecule has 1 saturated carbocycles. The van der Waals surface area contributed by atoms with E-state index in [0.717, 1.165) is 38.7 Å². The number of likely N-dealkylation sites (N-methyl/N-ethyl adjacent to an activating group) is 1. The molecule has 0 heterocycles. The number of aliphatic imine (C=N–C) groups is 1. The predicted octanol–water partition coefficient (Wildman–Crippen LogP) is 0.887. The van der Waals surface area contributed by atoms with Crippen LogP contribution in [0.4, 0.5) is 0 Å². The number of methoxy groups -OCH3 is 1. The van der Waals surface area contributed by atoms with Crippen molar-refractivity contribution in [1.29, 1.82) is 0 Å². The molecular weight excluding hydrogens is 343 g/mol. The number of nitrogens with two attached hydrogens (primary N) is 1. The second-order valence-corrected chi connectivity index (χ2v) is 4.75. The molecule has 0 aliphatic heterocycles. The Balaban J connectivity index is 0.00000289. The normalized spacial score (nSPS) is 16.3. The van der Waals surface area contributed by atoms with Gasteiger partial charge in [-0.25, -0.2) is 0 Å². The zero-order valence-electron chi connectivity index (χ0n) is 11.5. The molecule has 108 valence electrons. The molecule has 0 aromatic rings. The standard InChI is InChI=1S/C12H26N4O.HI/c1-16(8-9-17-2)7-6-14-12(13)15-10-11-4-3-5-11;/h11H,3-10H2,1-2H3,(H3,13,14,15);1H. The van der Waals surface area contributed by atoms with E-state index >= 15 is 0 Å². The molecule has 0 amide bonds. The Morgan fingerprint density at radius 2 is 2.17 bits per heavy atom. The predicted molar refractivity (Wildman–Crippen MR) is 86.6 cm³/mol. The Morgan fingerprint density at radius 3 is 2.72 bits per heavy atom. The van der Waals surface area contributed by atoms with Crippen LogP contribution in [0.2, 0.25) is 0 Å². The Bertz CT molecular complexity index is 234. The molecule has 5 nitrogen and oxygen atoms in total. The van der Waals surface area contributed by atoms with Crippen LogP contribution in [-0.2, 0) is 4.74 Å². The van der Waals surface area contributed by atoms with Crippen molar-refractivity contribution < 1.29 is 4.74 Å². The summed E-state index contributed by atoms with van der Waals surface area (Å²) < 4.78 is 5.01. The Labute approximate surface area is 128 Å². The molecule has 1 aliphatic carbocycles. The number of nitrogens with zero attached hydrogens (tertiary/aromatic N) is 2. The van der Waals surface area contributed by atoms with Gasteiger partial charge in [0, 0.05) is 33.3 Å². The van der Waals surface area contributed by atoms with E-state index in [0.29, 0.717) is 5.96 Å². The van der Waals surface area contributed by atoms with Crippen LogP contribution >= 0.6 is 24.0 Å². The Hall–Kier alpha value is -0.0800. The molecule has 0 aromatic heterocycles. The van der Waals surface area contributed by atoms with Crippen molar-refractivity contribution >= 4 is 29.9 Å². The maximum atomic E-state index is 5.78. The summed E-state index contributed by atoms with van der Waals surface area (Å²) in [6.45, 7) is 4.38. The van der Waals surface area contributed by atoms with Gasteiger partial charge in [-0.3, -0.25) is 4.99 Å². The zero-order chi connectivity index (χ0) is 12.5. The van der Waals surface area contributed by atoms with Crippen molar-refractivity contribution in [2.45, 2.75) is 19.3 Å². The summed E-state index contributed by atoms with van der Waals surface area (Å²) in [5.41, 5.74) is 5.78. The van der Waals surface area contributed by atoms with Crippen LogP contribution in [0, 0.1) is 5.92 Å². The van der Waals surface area contributed by atoms with Crippen LogP contribution in [0.15, 0.2) is 4.99 Å². The second-order valence-electron chi connectivity index (χ2n) is 4.75. The Morgan fingerprint density at radius 1 is 1.44 bits per heavy atom. The summed E-state index contributed by atoms with van der Waals surface area (Å²) in [6, 6.07) is 0. The Kier molecular flexibility index (Phi) is 10.8. The van der Waals surface area contributed by atoms with Crippen LogP contribution in [-0.4, -0.2) is 57.8 Å². The largest absolute Gasteiger partial charge is 0.383 e. The fraction of sp³-hybridized carbons (Fsp3) is 0.917. The maximum absolute atomic E-state index is 5.78. The summed E-state index contributed by atoms with van der Waals surface area (Å²) in [6.07, 6.45) is 3.99. The van der Waals surface area contributed by atoms with E-state index in [1.165, 1.54) is 19.3 Å². The summed E-state index contributed by atoms with van der Waals surface area (Å²) in [5, 5.41) is 3.14. The first-order chi connectivity index (χ1) is 8.22. The first-order valence-electron chi connectivity index (χ1n) is 6.43. The summed E-state index contributed by atoms with van der Waals surface area (Å²) in [7, 11) is 3.79. The number of ether oxygens (including phenoxy) is 1. The maximum Gasteiger partial charge on any atom is 0.188 e. The molecule has 1 fully saturated rings. The molecule has 0 bridgehead atoms. The molecule has 0 radical (unpaired) electrons. The van der Waals surface area contributed by atoms with Gasteiger partial charge in [-0.05, 0) is 25.8 Å². The van der Waals surface area contributed by atoms with Crippen molar-refractivity contribution in [3.8, 4) is 0 Å². The average molecular weight is 370 g/mol. The first kappa shape index (κ1) is 17.9. The van der Waals surface area contributed by atoms with Crippen LogP contribution < -0.4 is 11.1 Å². The minimum atomic E-state index is 0. The fourth-order valence-electron chi connectivity index (χ4n) is 1.69. The summed E-state index contributed by atoms with van der Waals surface area (Å²) >= 11 is 0. The smallest absolute Gasteiger partial charge is 0.188 e. The highest BCUT2D eigenvalue weighted by atomic mass is 127. The number of rotatable bonds is 8. The molecule has 6 heteroatoms. The molecular formula is C12H27IN4O. The van der Waals surface area contributed by atoms with E-state index in [2.05, 4.69) is 22.3 Å². The van der Waals surface area contributed by atoms with Gasteiger partial charge in [0.2, 0.25) is 0 Å². The molecule has 1 aliphatic rings. The highest BCUT2D eigenvalue weighted by Gasteiger charge is 2.16. The number of guanidine groups is 1. The van der Waals surface area contributed by atoms with Gasteiger partial charge in [-0.15, -0.1) is 24.0 Å². The first-order valence-corrected chi connectivity index (χ1v) is 6.43. The average Bonchev–Trinajstić information content (AvgIpc) is 2.24. The van der Waals surface area contributed by atoms with Crippen LogP contribution in [0.1, 0.15) is 19.3 Å². The quantitative estimate of drug-likeness (QED) is 0.379. The second kappa shape index (κ2) is 10.8. The van der Waals surface area contributed by atoms with Crippen LogP contribution in [0.25, 0.3) is 0 Å². The van der Waals surface area contributed by atoms with Crippen molar-refractivity contribution in [3.05, 3.63) is 0 Å². The van der Waals surface area contributed by atoms with Gasteiger partial charge >= 0.3 is 0 Å². The van der Waals surface area contributed by atoms with Gasteiger partial charge in [0.1, 0.15) is 0 Å². The van der Waals surface area contributed by atoms with Gasteiger partial charge in [0.05, 0.1) is 6.61 Å². The number of hydrogen-bond donors (Lipinski definition) is 2. The van der Waals surface area contributed by atoms with E-state index in [9.17, 15) is 0 Å². The van der Waals surface area contributed by atoms with E-state index < -0.39 is 0 Å². The zero-order valence-corrected chi connectivity index (χ0v) is 13.9. The van der Waals surface area contributed by atoms with Gasteiger partial charge < -0.3 is 20.7 Å². The SMILES string of the molecule is COCCN(C)CCNC(N)=NCC1CCC1.I. The number of halogens is 1. The molecule has 0 atom stereocenters. The minimum absolute atomic E-state index is 0. The highest BCUT2D eigenvalue weighted by molar-refractivity contribution is 14.0. The van der Waals surface area contributed by atoms with Crippen LogP contribution in [0.3, 0.4) is 0 Å². The molecule has 0 unspecified atom stereocenters. The lowest BCUT2D eigenvalue weighted by Crippen LogP contribution is -2.38. The summed E-state index contributed by atoms with van der Waals surface area (Å²) in [5.74, 6) is 1.36. The number of hydrogen-bond acceptors (Lipinski definition) is 3. The third-order valence-electron chi connectivity index (χ3n) is 3.22. The lowest BCUT2D eigenvalue weighted by Gasteiger charge is -2.23. The van der Waals surface area contributed by atoms with Crippen molar-refractivity contribution in [1.82, 2.24) is 10.2 Å². The third-order valence-corrected chi connectivity index (χ3v) is 3.22. The molecule has 0 spiro atoms. The van der Waals surface area contributed by atoms with Gasteiger partial charge in [0.25, 0.3) is 0 Å². The minimum Gasteiger partial charge on any atom is -0.383 e. The lowest BCUT2D eigenvalue weighted by atomic mass is 9.86. The third kappa shape index (κ3) is 8.10. The van der Waals surface area contributed by atoms with Gasteiger partial charge in [-0.1, -0.05) is 6.42 Å². The highest BCUT2D eigenvalue weighted by Crippen LogP contribution is 2.26. The molecule has 18 heavy (non-hydrogen) atoms. The van der Waals surface area contributed by atoms with Crippen molar-refractivity contribution in [2.24, 2.45) is 16.6 Å². The van der Waals surface area contributed by atoms with Crippen molar-refractivity contribution in [3.63, 3.8) is 0 Å². The van der Waals surface area contributed by atoms with Crippen LogP contribution in [0.5, 0.6) is 0 Å². The molecule has 1 rings (SSSR count). The lowest BCUT2D eigenvalue weighted by molar-refractivity contribution is 0.162. The van der Waals surface area contributed by atoms with E-state index in [-0.39, 0.29) is 24.0 Å². The van der Waals surface area contributed by atoms with E-state index in [1.807, 2.05) is 0 Å². The fourth-order valence-corrected chi connectivity index (χ4v) is 1.69. The topological polar surface area (TPSA) is 62.9 Å². The monoisotopic (exact) mass is 370 g/mol. The summed E-state index contributed by atoms with van der Waals surface area (Å²) in [4.78, 5) is 6.55. The van der Waals surface area contributed by atoms with Gasteiger partial charge in [0.15, 0.2) is 5.96 Å². The molecule has 0 saturated heterocycles. The van der Waals surface area contributed by atoms with Crippen molar-refractivity contribution in [2.75, 3.05) is 46.9 Å². The molecule has 0 aromatic carbocycles. The van der Waals surface area contributed by atoms with E-state index in [1.54, 1.807) is 7.11 Å². The molecule has 3 N–H and O–H groups in total. The number of nitrogens with one attached hydrogen (secondary N) is 1. The van der Waals surface area contributed by atoms with E-state index in [4.69, 9.17) is 10.5 Å². The van der Waals surface area contributed by atoms with Gasteiger partial charge in [-0.2, -0.15) is 0 Å².